The predicted octanol–water partition coefficient (Wildman–Crippen LogP) is 2.88. The number of rotatable bonds is 3. The number of piperidine rings is 1. The summed E-state index contributed by atoms with van der Waals surface area (Å²) < 4.78 is 5.95. The van der Waals surface area contributed by atoms with Crippen LogP contribution in [0, 0.1) is 0 Å². The smallest absolute Gasteiger partial charge is 0.276 e. The van der Waals surface area contributed by atoms with Gasteiger partial charge in [-0.1, -0.05) is 16.8 Å². The summed E-state index contributed by atoms with van der Waals surface area (Å²) >= 11 is 7.31. The number of nitrogens with zero attached hydrogens (tertiary/aromatic N) is 2. The fourth-order valence-corrected chi connectivity index (χ4v) is 3.49. The molecule has 0 radical (unpaired) electrons. The first-order valence-electron chi connectivity index (χ1n) is 6.86. The minimum absolute atomic E-state index is 0.0763. The lowest BCUT2D eigenvalue weighted by atomic mass is 10.1. The van der Waals surface area contributed by atoms with Crippen LogP contribution in [0.5, 0.6) is 0 Å². The Balaban J connectivity index is 1.75. The third kappa shape index (κ3) is 3.12. The minimum Gasteiger partial charge on any atom is -0.355 e. The van der Waals surface area contributed by atoms with Gasteiger partial charge in [-0.3, -0.25) is 4.79 Å². The minimum atomic E-state index is -0.0763. The normalized spacial score (nSPS) is 19.0. The van der Waals surface area contributed by atoms with Crippen molar-refractivity contribution >= 4 is 28.8 Å². The molecule has 1 unspecified atom stereocenters. The monoisotopic (exact) mass is 325 g/mol. The van der Waals surface area contributed by atoms with Crippen LogP contribution in [0.15, 0.2) is 22.7 Å². The van der Waals surface area contributed by atoms with Crippen LogP contribution in [0.1, 0.15) is 23.3 Å². The van der Waals surface area contributed by atoms with Crippen LogP contribution >= 0.6 is 22.9 Å². The molecule has 21 heavy (non-hydrogen) atoms. The Morgan fingerprint density at radius 2 is 2.43 bits per heavy atom. The maximum atomic E-state index is 12.5. The van der Waals surface area contributed by atoms with E-state index in [1.165, 1.54) is 11.3 Å². The van der Waals surface area contributed by atoms with E-state index in [9.17, 15) is 4.79 Å². The van der Waals surface area contributed by atoms with Crippen molar-refractivity contribution in [2.24, 2.45) is 0 Å². The first-order valence-corrected chi connectivity index (χ1v) is 8.06. The molecule has 2 aromatic heterocycles. The Labute approximate surface area is 131 Å². The number of likely N-dealkylation sites (N-methyl/N-ethyl adjacent to an activating group) is 1. The molecule has 1 atom stereocenters. The highest BCUT2D eigenvalue weighted by Crippen LogP contribution is 2.31. The van der Waals surface area contributed by atoms with Crippen LogP contribution in [0.4, 0.5) is 0 Å². The van der Waals surface area contributed by atoms with Crippen molar-refractivity contribution in [2.45, 2.75) is 18.9 Å². The molecule has 1 fully saturated rings. The lowest BCUT2D eigenvalue weighted by Gasteiger charge is -2.31. The van der Waals surface area contributed by atoms with Crippen molar-refractivity contribution in [1.82, 2.24) is 15.4 Å². The second-order valence-corrected chi connectivity index (χ2v) is 6.77. The Kier molecular flexibility index (Phi) is 4.28. The van der Waals surface area contributed by atoms with Crippen molar-refractivity contribution in [3.05, 3.63) is 28.2 Å². The lowest BCUT2D eigenvalue weighted by Crippen LogP contribution is -2.47. The highest BCUT2D eigenvalue weighted by Gasteiger charge is 2.26. The Morgan fingerprint density at radius 1 is 1.57 bits per heavy atom. The van der Waals surface area contributed by atoms with E-state index in [0.717, 1.165) is 24.3 Å². The van der Waals surface area contributed by atoms with Gasteiger partial charge in [-0.2, -0.15) is 0 Å². The Hall–Kier alpha value is -1.37. The van der Waals surface area contributed by atoms with Crippen molar-refractivity contribution in [2.75, 3.05) is 20.1 Å². The van der Waals surface area contributed by atoms with E-state index in [1.54, 1.807) is 12.1 Å². The van der Waals surface area contributed by atoms with Gasteiger partial charge in [0.15, 0.2) is 11.5 Å². The van der Waals surface area contributed by atoms with Crippen LogP contribution < -0.4 is 5.32 Å². The topological polar surface area (TPSA) is 58.4 Å². The number of hydrogen-bond acceptors (Lipinski definition) is 5. The number of carbonyl (C=O) groups excluding carboxylic acids is 1. The standard InChI is InChI=1S/C14H16ClN3O2S/c1-16-9-3-2-6-18(8-9)14(19)10-7-11(20-17-10)12-4-5-13(15)21-12/h4-5,7,9,16H,2-3,6,8H2,1H3. The van der Waals surface area contributed by atoms with Crippen molar-refractivity contribution in [3.63, 3.8) is 0 Å². The van der Waals surface area contributed by atoms with Crippen molar-refractivity contribution in [3.8, 4) is 10.6 Å². The number of aromatic nitrogens is 1. The van der Waals surface area contributed by atoms with Gasteiger partial charge in [-0.25, -0.2) is 0 Å². The molecular weight excluding hydrogens is 310 g/mol. The maximum absolute atomic E-state index is 12.5. The molecule has 1 N–H and O–H groups in total. The quantitative estimate of drug-likeness (QED) is 0.942. The molecule has 1 aliphatic rings. The summed E-state index contributed by atoms with van der Waals surface area (Å²) in [6.45, 7) is 1.48. The van der Waals surface area contributed by atoms with E-state index in [2.05, 4.69) is 10.5 Å². The molecule has 0 aliphatic carbocycles. The van der Waals surface area contributed by atoms with Gasteiger partial charge in [-0.05, 0) is 32.0 Å². The van der Waals surface area contributed by atoms with Crippen LogP contribution in [-0.2, 0) is 0 Å². The molecule has 3 rings (SSSR count). The molecule has 2 aromatic rings. The van der Waals surface area contributed by atoms with E-state index >= 15 is 0 Å². The summed E-state index contributed by atoms with van der Waals surface area (Å²) in [5.41, 5.74) is 0.353. The van der Waals surface area contributed by atoms with E-state index < -0.39 is 0 Å². The van der Waals surface area contributed by atoms with Gasteiger partial charge < -0.3 is 14.7 Å². The third-order valence-electron chi connectivity index (χ3n) is 3.66. The lowest BCUT2D eigenvalue weighted by molar-refractivity contribution is 0.0688. The number of hydrogen-bond donors (Lipinski definition) is 1. The van der Waals surface area contributed by atoms with Crippen LogP contribution in [0.3, 0.4) is 0 Å². The summed E-state index contributed by atoms with van der Waals surface area (Å²) in [6, 6.07) is 5.70. The first-order chi connectivity index (χ1) is 10.2. The molecule has 1 saturated heterocycles. The fourth-order valence-electron chi connectivity index (χ4n) is 2.50. The number of likely N-dealkylation sites (tertiary alicyclic amines) is 1. The molecule has 3 heterocycles. The average molecular weight is 326 g/mol. The summed E-state index contributed by atoms with van der Waals surface area (Å²) in [7, 11) is 1.92. The van der Waals surface area contributed by atoms with Crippen LogP contribution in [0.25, 0.3) is 10.6 Å². The van der Waals surface area contributed by atoms with Gasteiger partial charge in [0.1, 0.15) is 0 Å². The summed E-state index contributed by atoms with van der Waals surface area (Å²) in [5, 5.41) is 7.13. The van der Waals surface area contributed by atoms with Crippen molar-refractivity contribution in [1.29, 1.82) is 0 Å². The number of carbonyl (C=O) groups is 1. The molecule has 0 bridgehead atoms. The zero-order valence-corrected chi connectivity index (χ0v) is 13.2. The molecule has 0 spiro atoms. The van der Waals surface area contributed by atoms with E-state index in [1.807, 2.05) is 18.0 Å². The van der Waals surface area contributed by atoms with Crippen LogP contribution in [-0.4, -0.2) is 42.1 Å². The predicted molar refractivity (Wildman–Crippen MR) is 82.8 cm³/mol. The zero-order valence-electron chi connectivity index (χ0n) is 11.6. The van der Waals surface area contributed by atoms with Gasteiger partial charge in [0.05, 0.1) is 9.21 Å². The molecule has 0 aromatic carbocycles. The van der Waals surface area contributed by atoms with Gasteiger partial charge >= 0.3 is 0 Å². The highest BCUT2D eigenvalue weighted by atomic mass is 35.5. The SMILES string of the molecule is CNC1CCCN(C(=O)c2cc(-c3ccc(Cl)s3)on2)C1. The molecule has 1 amide bonds. The first kappa shape index (κ1) is 14.6. The Bertz CT molecular complexity index is 640. The largest absolute Gasteiger partial charge is 0.355 e. The average Bonchev–Trinajstić information content (AvgIpc) is 3.15. The summed E-state index contributed by atoms with van der Waals surface area (Å²) in [4.78, 5) is 15.2. The molecular formula is C14H16ClN3O2S. The number of amides is 1. The van der Waals surface area contributed by atoms with Gasteiger partial charge in [0.25, 0.3) is 5.91 Å². The van der Waals surface area contributed by atoms with E-state index in [0.29, 0.717) is 28.4 Å². The van der Waals surface area contributed by atoms with Gasteiger partial charge in [-0.15, -0.1) is 11.3 Å². The van der Waals surface area contributed by atoms with Crippen molar-refractivity contribution < 1.29 is 9.32 Å². The fraction of sp³-hybridized carbons (Fsp3) is 0.429. The number of nitrogens with one attached hydrogen (secondary N) is 1. The van der Waals surface area contributed by atoms with Gasteiger partial charge in [0.2, 0.25) is 0 Å². The molecule has 0 saturated carbocycles. The van der Waals surface area contributed by atoms with Crippen LogP contribution in [0.2, 0.25) is 4.34 Å². The molecule has 5 nitrogen and oxygen atoms in total. The number of thiophene rings is 1. The second-order valence-electron chi connectivity index (χ2n) is 5.06. The molecule has 112 valence electrons. The Morgan fingerprint density at radius 3 is 3.14 bits per heavy atom. The van der Waals surface area contributed by atoms with Gasteiger partial charge in [0, 0.05) is 25.2 Å². The molecule has 7 heteroatoms. The van der Waals surface area contributed by atoms with E-state index in [4.69, 9.17) is 16.1 Å². The highest BCUT2D eigenvalue weighted by molar-refractivity contribution is 7.19. The summed E-state index contributed by atoms with van der Waals surface area (Å²) in [6.07, 6.45) is 2.10. The summed E-state index contributed by atoms with van der Waals surface area (Å²) in [5.74, 6) is 0.505. The second kappa shape index (κ2) is 6.17. The number of halogens is 1. The molecule has 1 aliphatic heterocycles. The third-order valence-corrected chi connectivity index (χ3v) is 4.91. The van der Waals surface area contributed by atoms with E-state index in [-0.39, 0.29) is 5.91 Å². The zero-order chi connectivity index (χ0) is 14.8. The maximum Gasteiger partial charge on any atom is 0.276 e.